The van der Waals surface area contributed by atoms with Gasteiger partial charge in [-0.3, -0.25) is 0 Å². The fourth-order valence-electron chi connectivity index (χ4n) is 4.61. The van der Waals surface area contributed by atoms with Gasteiger partial charge in [0.2, 0.25) is 0 Å². The molecule has 0 unspecified atom stereocenters. The maximum Gasteiger partial charge on any atom is 0.0459 e. The van der Waals surface area contributed by atoms with E-state index >= 15 is 0 Å². The smallest absolute Gasteiger partial charge is 0.0459 e. The number of H-pyrrole nitrogens is 1. The molecule has 1 fully saturated rings. The lowest BCUT2D eigenvalue weighted by atomic mass is 9.57. The highest BCUT2D eigenvalue weighted by molar-refractivity contribution is 5.89. The predicted molar refractivity (Wildman–Crippen MR) is 76.0 cm³/mol. The predicted octanol–water partition coefficient (Wildman–Crippen LogP) is 4.73. The third kappa shape index (κ3) is 1.18. The normalized spacial score (nSPS) is 29.2. The fraction of sp³-hybridized carbons (Fsp3) is 0.529. The second-order valence-electron chi connectivity index (χ2n) is 6.69. The van der Waals surface area contributed by atoms with Gasteiger partial charge in [0.15, 0.2) is 0 Å². The van der Waals surface area contributed by atoms with Crippen molar-refractivity contribution in [2.75, 3.05) is 0 Å². The Morgan fingerprint density at radius 3 is 2.89 bits per heavy atom. The summed E-state index contributed by atoms with van der Waals surface area (Å²) in [7, 11) is 0. The van der Waals surface area contributed by atoms with Gasteiger partial charge in [0.05, 0.1) is 0 Å². The maximum absolute atomic E-state index is 3.49. The first-order valence-electron chi connectivity index (χ1n) is 7.30. The molecule has 0 aliphatic heterocycles. The lowest BCUT2D eigenvalue weighted by molar-refractivity contribution is 0.196. The van der Waals surface area contributed by atoms with Crippen molar-refractivity contribution >= 4 is 10.9 Å². The molecular weight excluding hydrogens is 218 g/mol. The molecule has 1 aromatic carbocycles. The van der Waals surface area contributed by atoms with Crippen molar-refractivity contribution in [3.05, 3.63) is 35.5 Å². The first-order chi connectivity index (χ1) is 8.69. The summed E-state index contributed by atoms with van der Waals surface area (Å²) < 4.78 is 0. The SMILES string of the molecule is CC1(C)c2cccc3[nH]cc(c23)[C@H]2CCCC[C@@H]21. The maximum atomic E-state index is 3.49. The zero-order valence-corrected chi connectivity index (χ0v) is 11.3. The van der Waals surface area contributed by atoms with E-state index in [-0.39, 0.29) is 0 Å². The van der Waals surface area contributed by atoms with Crippen LogP contribution in [0.1, 0.15) is 56.6 Å². The lowest BCUT2D eigenvalue weighted by Crippen LogP contribution is -2.38. The summed E-state index contributed by atoms with van der Waals surface area (Å²) in [5.74, 6) is 1.62. The van der Waals surface area contributed by atoms with Gasteiger partial charge >= 0.3 is 0 Å². The molecule has 1 N–H and O–H groups in total. The molecule has 1 heteroatoms. The van der Waals surface area contributed by atoms with E-state index in [1.807, 2.05) is 0 Å². The topological polar surface area (TPSA) is 15.8 Å². The molecule has 0 spiro atoms. The molecule has 2 aliphatic rings. The monoisotopic (exact) mass is 239 g/mol. The number of fused-ring (bicyclic) bond motifs is 2. The van der Waals surface area contributed by atoms with E-state index in [4.69, 9.17) is 0 Å². The highest BCUT2D eigenvalue weighted by Gasteiger charge is 2.44. The first kappa shape index (κ1) is 10.7. The lowest BCUT2D eigenvalue weighted by Gasteiger charge is -2.46. The molecule has 1 heterocycles. The number of hydrogen-bond acceptors (Lipinski definition) is 0. The van der Waals surface area contributed by atoms with E-state index in [0.717, 1.165) is 11.8 Å². The van der Waals surface area contributed by atoms with Gasteiger partial charge in [-0.2, -0.15) is 0 Å². The molecule has 1 aromatic heterocycles. The van der Waals surface area contributed by atoms with Crippen LogP contribution in [0.4, 0.5) is 0 Å². The van der Waals surface area contributed by atoms with E-state index in [2.05, 4.69) is 43.2 Å². The Bertz CT molecular complexity index is 605. The van der Waals surface area contributed by atoms with Gasteiger partial charge in [0.1, 0.15) is 0 Å². The van der Waals surface area contributed by atoms with Gasteiger partial charge < -0.3 is 4.98 Å². The van der Waals surface area contributed by atoms with Crippen LogP contribution in [-0.4, -0.2) is 4.98 Å². The molecule has 4 rings (SSSR count). The van der Waals surface area contributed by atoms with Gasteiger partial charge in [0, 0.05) is 17.1 Å². The summed E-state index contributed by atoms with van der Waals surface area (Å²) in [6.07, 6.45) is 7.90. The van der Waals surface area contributed by atoms with Crippen LogP contribution in [0.3, 0.4) is 0 Å². The Labute approximate surface area is 109 Å². The van der Waals surface area contributed by atoms with Crippen molar-refractivity contribution in [2.24, 2.45) is 5.92 Å². The van der Waals surface area contributed by atoms with Crippen LogP contribution in [0.25, 0.3) is 10.9 Å². The quantitative estimate of drug-likeness (QED) is 0.684. The second kappa shape index (κ2) is 3.40. The highest BCUT2D eigenvalue weighted by atomic mass is 14.7. The van der Waals surface area contributed by atoms with E-state index in [1.54, 1.807) is 11.1 Å². The molecule has 0 saturated heterocycles. The molecule has 0 amide bonds. The molecule has 0 radical (unpaired) electrons. The summed E-state index contributed by atoms with van der Waals surface area (Å²) in [6.45, 7) is 4.92. The Morgan fingerprint density at radius 1 is 1.17 bits per heavy atom. The first-order valence-corrected chi connectivity index (χ1v) is 7.30. The van der Waals surface area contributed by atoms with Crippen LogP contribution in [0.2, 0.25) is 0 Å². The van der Waals surface area contributed by atoms with E-state index < -0.39 is 0 Å². The molecule has 1 saturated carbocycles. The summed E-state index contributed by atoms with van der Waals surface area (Å²) >= 11 is 0. The minimum absolute atomic E-state index is 0.333. The van der Waals surface area contributed by atoms with Crippen LogP contribution in [-0.2, 0) is 5.41 Å². The molecule has 2 aromatic rings. The average molecular weight is 239 g/mol. The van der Waals surface area contributed by atoms with Crippen molar-refractivity contribution in [1.82, 2.24) is 4.98 Å². The number of benzene rings is 1. The minimum Gasteiger partial charge on any atom is -0.361 e. The van der Waals surface area contributed by atoms with Gasteiger partial charge in [-0.1, -0.05) is 38.8 Å². The number of aromatic nitrogens is 1. The Hall–Kier alpha value is -1.24. The van der Waals surface area contributed by atoms with Crippen LogP contribution in [0.5, 0.6) is 0 Å². The Kier molecular flexibility index (Phi) is 2.02. The number of rotatable bonds is 0. The standard InChI is InChI=1S/C17H21N/c1-17(2)13-7-4-3-6-11(13)12-10-18-15-9-5-8-14(17)16(12)15/h5,8-11,13,18H,3-4,6-7H2,1-2H3/t11-,13+/m1/s1. The molecular formula is C17H21N. The number of hydrogen-bond donors (Lipinski definition) is 1. The highest BCUT2D eigenvalue weighted by Crippen LogP contribution is 2.55. The van der Waals surface area contributed by atoms with Gasteiger partial charge in [-0.25, -0.2) is 0 Å². The van der Waals surface area contributed by atoms with Crippen LogP contribution >= 0.6 is 0 Å². The molecule has 18 heavy (non-hydrogen) atoms. The largest absolute Gasteiger partial charge is 0.361 e. The summed E-state index contributed by atoms with van der Waals surface area (Å²) in [5, 5.41) is 1.53. The second-order valence-corrected chi connectivity index (χ2v) is 6.69. The van der Waals surface area contributed by atoms with E-state index in [0.29, 0.717) is 5.41 Å². The van der Waals surface area contributed by atoms with Crippen molar-refractivity contribution in [3.8, 4) is 0 Å². The number of nitrogens with one attached hydrogen (secondary N) is 1. The number of aromatic amines is 1. The van der Waals surface area contributed by atoms with Gasteiger partial charge in [-0.15, -0.1) is 0 Å². The van der Waals surface area contributed by atoms with Crippen molar-refractivity contribution in [2.45, 2.75) is 50.9 Å². The van der Waals surface area contributed by atoms with Crippen molar-refractivity contribution < 1.29 is 0 Å². The average Bonchev–Trinajstić information content (AvgIpc) is 2.81. The third-order valence-electron chi connectivity index (χ3n) is 5.52. The van der Waals surface area contributed by atoms with Gasteiger partial charge in [0.25, 0.3) is 0 Å². The minimum atomic E-state index is 0.333. The zero-order chi connectivity index (χ0) is 12.3. The van der Waals surface area contributed by atoms with Crippen LogP contribution in [0.15, 0.2) is 24.4 Å². The molecule has 94 valence electrons. The Morgan fingerprint density at radius 2 is 2.00 bits per heavy atom. The fourth-order valence-corrected chi connectivity index (χ4v) is 4.61. The molecule has 2 atom stereocenters. The molecule has 1 nitrogen and oxygen atoms in total. The van der Waals surface area contributed by atoms with Crippen molar-refractivity contribution in [3.63, 3.8) is 0 Å². The van der Waals surface area contributed by atoms with Crippen LogP contribution < -0.4 is 0 Å². The summed E-state index contributed by atoms with van der Waals surface area (Å²) in [5.41, 5.74) is 4.84. The summed E-state index contributed by atoms with van der Waals surface area (Å²) in [6, 6.07) is 6.79. The Balaban J connectivity index is 2.06. The van der Waals surface area contributed by atoms with E-state index in [1.165, 1.54) is 36.6 Å². The third-order valence-corrected chi connectivity index (χ3v) is 5.52. The van der Waals surface area contributed by atoms with Gasteiger partial charge in [-0.05, 0) is 47.3 Å². The van der Waals surface area contributed by atoms with E-state index in [9.17, 15) is 0 Å². The molecule has 0 bridgehead atoms. The molecule has 2 aliphatic carbocycles. The summed E-state index contributed by atoms with van der Waals surface area (Å²) in [4.78, 5) is 3.49. The zero-order valence-electron chi connectivity index (χ0n) is 11.3. The van der Waals surface area contributed by atoms with Crippen molar-refractivity contribution in [1.29, 1.82) is 0 Å². The van der Waals surface area contributed by atoms with Crippen LogP contribution in [0, 0.1) is 5.92 Å².